The van der Waals surface area contributed by atoms with Gasteiger partial charge in [0.2, 0.25) is 0 Å². The Labute approximate surface area is 86.1 Å². The highest BCUT2D eigenvalue weighted by molar-refractivity contribution is 5.40. The van der Waals surface area contributed by atoms with Crippen LogP contribution < -0.4 is 10.5 Å². The summed E-state index contributed by atoms with van der Waals surface area (Å²) in [5.41, 5.74) is 6.28. The highest BCUT2D eigenvalue weighted by Crippen LogP contribution is 2.19. The van der Waals surface area contributed by atoms with Gasteiger partial charge in [-0.05, 0) is 24.3 Å². The molecule has 4 nitrogen and oxygen atoms in total. The van der Waals surface area contributed by atoms with Crippen molar-refractivity contribution in [2.45, 2.75) is 0 Å². The molecule has 2 N–H and O–H groups in total. The fourth-order valence-corrected chi connectivity index (χ4v) is 1.31. The van der Waals surface area contributed by atoms with Crippen molar-refractivity contribution in [2.75, 3.05) is 12.8 Å². The molecule has 0 saturated heterocycles. The predicted octanol–water partition coefficient (Wildman–Crippen LogP) is 1.60. The Morgan fingerprint density at radius 3 is 2.60 bits per heavy atom. The molecular weight excluding hydrogens is 197 g/mol. The van der Waals surface area contributed by atoms with Gasteiger partial charge in [-0.15, -0.1) is 0 Å². The largest absolute Gasteiger partial charge is 0.468 e. The van der Waals surface area contributed by atoms with E-state index in [1.165, 1.54) is 19.2 Å². The molecule has 1 aromatic heterocycles. The fraction of sp³-hybridized carbons (Fsp3) is 0.100. The quantitative estimate of drug-likeness (QED) is 0.813. The van der Waals surface area contributed by atoms with E-state index in [0.717, 1.165) is 5.69 Å². The zero-order chi connectivity index (χ0) is 10.8. The Kier molecular flexibility index (Phi) is 2.29. The summed E-state index contributed by atoms with van der Waals surface area (Å²) < 4.78 is 19.4. The number of rotatable bonds is 2. The van der Waals surface area contributed by atoms with E-state index in [1.54, 1.807) is 22.9 Å². The number of hydrogen-bond donors (Lipinski definition) is 1. The summed E-state index contributed by atoms with van der Waals surface area (Å²) in [4.78, 5) is 3.95. The van der Waals surface area contributed by atoms with Crippen LogP contribution in [0.4, 0.5) is 10.2 Å². The lowest BCUT2D eigenvalue weighted by molar-refractivity contribution is 0.374. The average molecular weight is 207 g/mol. The van der Waals surface area contributed by atoms with E-state index < -0.39 is 0 Å². The number of anilines is 1. The average Bonchev–Trinajstić information content (AvgIpc) is 2.61. The first-order valence-corrected chi connectivity index (χ1v) is 4.35. The van der Waals surface area contributed by atoms with Crippen LogP contribution >= 0.6 is 0 Å². The summed E-state index contributed by atoms with van der Waals surface area (Å²) >= 11 is 0. The maximum atomic E-state index is 12.7. The van der Waals surface area contributed by atoms with Crippen molar-refractivity contribution < 1.29 is 9.13 Å². The molecule has 0 aliphatic carbocycles. The highest BCUT2D eigenvalue weighted by Gasteiger charge is 2.07. The number of imidazole rings is 1. The zero-order valence-electron chi connectivity index (χ0n) is 8.14. The number of ether oxygens (including phenoxy) is 1. The monoisotopic (exact) mass is 207 g/mol. The molecule has 0 spiro atoms. The standard InChI is InChI=1S/C10H10FN3O/c1-15-10-13-9(12)6-14(10)8-4-2-7(11)3-5-8/h2-6H,12H2,1H3. The Bertz CT molecular complexity index is 464. The van der Waals surface area contributed by atoms with Crippen LogP contribution in [-0.2, 0) is 0 Å². The van der Waals surface area contributed by atoms with Crippen LogP contribution in [0.1, 0.15) is 0 Å². The number of aromatic nitrogens is 2. The second-order valence-electron chi connectivity index (χ2n) is 3.00. The molecule has 2 aromatic rings. The van der Waals surface area contributed by atoms with Gasteiger partial charge in [-0.3, -0.25) is 4.57 Å². The van der Waals surface area contributed by atoms with Crippen LogP contribution in [0.3, 0.4) is 0 Å². The van der Waals surface area contributed by atoms with Crippen molar-refractivity contribution in [2.24, 2.45) is 0 Å². The minimum Gasteiger partial charge on any atom is -0.468 e. The third-order valence-electron chi connectivity index (χ3n) is 1.98. The van der Waals surface area contributed by atoms with Crippen molar-refractivity contribution >= 4 is 5.82 Å². The molecule has 78 valence electrons. The third kappa shape index (κ3) is 1.76. The lowest BCUT2D eigenvalue weighted by atomic mass is 10.3. The van der Waals surface area contributed by atoms with Crippen LogP contribution in [-0.4, -0.2) is 16.7 Å². The molecule has 0 unspecified atom stereocenters. The molecule has 15 heavy (non-hydrogen) atoms. The van der Waals surface area contributed by atoms with E-state index >= 15 is 0 Å². The molecule has 0 atom stereocenters. The molecule has 5 heteroatoms. The first-order chi connectivity index (χ1) is 7.20. The molecule has 0 saturated carbocycles. The molecule has 0 amide bonds. The number of nitrogens with two attached hydrogens (primary N) is 1. The third-order valence-corrected chi connectivity index (χ3v) is 1.98. The SMILES string of the molecule is COc1nc(N)cn1-c1ccc(F)cc1. The molecule has 0 bridgehead atoms. The molecular formula is C10H10FN3O. The summed E-state index contributed by atoms with van der Waals surface area (Å²) in [6.45, 7) is 0. The van der Waals surface area contributed by atoms with Gasteiger partial charge in [-0.1, -0.05) is 0 Å². The van der Waals surface area contributed by atoms with Crippen LogP contribution in [0.25, 0.3) is 5.69 Å². The summed E-state index contributed by atoms with van der Waals surface area (Å²) in [5.74, 6) is 0.0713. The van der Waals surface area contributed by atoms with Crippen LogP contribution in [0.5, 0.6) is 6.01 Å². The Morgan fingerprint density at radius 2 is 2.00 bits per heavy atom. The first-order valence-electron chi connectivity index (χ1n) is 4.35. The molecule has 0 aliphatic rings. The molecule has 0 fully saturated rings. The van der Waals surface area contributed by atoms with Crippen molar-refractivity contribution in [3.8, 4) is 11.7 Å². The second kappa shape index (κ2) is 3.61. The van der Waals surface area contributed by atoms with E-state index in [1.807, 2.05) is 0 Å². The normalized spacial score (nSPS) is 10.3. The smallest absolute Gasteiger partial charge is 0.302 e. The van der Waals surface area contributed by atoms with Gasteiger partial charge in [0.05, 0.1) is 19.0 Å². The van der Waals surface area contributed by atoms with E-state index in [0.29, 0.717) is 11.8 Å². The van der Waals surface area contributed by atoms with Gasteiger partial charge >= 0.3 is 6.01 Å². The molecule has 0 aliphatic heterocycles. The highest BCUT2D eigenvalue weighted by atomic mass is 19.1. The minimum atomic E-state index is -0.286. The Morgan fingerprint density at radius 1 is 1.33 bits per heavy atom. The zero-order valence-corrected chi connectivity index (χ0v) is 8.14. The maximum Gasteiger partial charge on any atom is 0.302 e. The number of halogens is 1. The fourth-order valence-electron chi connectivity index (χ4n) is 1.31. The summed E-state index contributed by atoms with van der Waals surface area (Å²) in [7, 11) is 1.50. The van der Waals surface area contributed by atoms with Crippen LogP contribution in [0, 0.1) is 5.82 Å². The van der Waals surface area contributed by atoms with Crippen molar-refractivity contribution in [1.29, 1.82) is 0 Å². The topological polar surface area (TPSA) is 53.1 Å². The van der Waals surface area contributed by atoms with Gasteiger partial charge < -0.3 is 10.5 Å². The minimum absolute atomic E-state index is 0.286. The van der Waals surface area contributed by atoms with E-state index in [-0.39, 0.29) is 5.82 Å². The van der Waals surface area contributed by atoms with Gasteiger partial charge in [0.25, 0.3) is 0 Å². The lowest BCUT2D eigenvalue weighted by Crippen LogP contribution is -1.97. The van der Waals surface area contributed by atoms with Crippen molar-refractivity contribution in [1.82, 2.24) is 9.55 Å². The number of methoxy groups -OCH3 is 1. The second-order valence-corrected chi connectivity index (χ2v) is 3.00. The van der Waals surface area contributed by atoms with E-state index in [4.69, 9.17) is 10.5 Å². The molecule has 1 heterocycles. The van der Waals surface area contributed by atoms with Gasteiger partial charge in [0, 0.05) is 0 Å². The van der Waals surface area contributed by atoms with Gasteiger partial charge in [0.15, 0.2) is 0 Å². The molecule has 2 rings (SSSR count). The lowest BCUT2D eigenvalue weighted by Gasteiger charge is -2.05. The van der Waals surface area contributed by atoms with Crippen LogP contribution in [0.2, 0.25) is 0 Å². The van der Waals surface area contributed by atoms with E-state index in [2.05, 4.69) is 4.98 Å². The number of benzene rings is 1. The predicted molar refractivity (Wildman–Crippen MR) is 54.5 cm³/mol. The first kappa shape index (κ1) is 9.51. The van der Waals surface area contributed by atoms with Crippen LogP contribution in [0.15, 0.2) is 30.5 Å². The Balaban J connectivity index is 2.48. The number of hydrogen-bond acceptors (Lipinski definition) is 3. The van der Waals surface area contributed by atoms with Gasteiger partial charge in [-0.25, -0.2) is 4.39 Å². The summed E-state index contributed by atoms with van der Waals surface area (Å²) in [6, 6.07) is 6.35. The van der Waals surface area contributed by atoms with Crippen molar-refractivity contribution in [3.05, 3.63) is 36.3 Å². The molecule has 1 aromatic carbocycles. The van der Waals surface area contributed by atoms with Gasteiger partial charge in [-0.2, -0.15) is 4.98 Å². The maximum absolute atomic E-state index is 12.7. The number of nitrogens with zero attached hydrogens (tertiary/aromatic N) is 2. The number of nitrogen functional groups attached to an aromatic ring is 1. The molecule has 0 radical (unpaired) electrons. The summed E-state index contributed by atoms with van der Waals surface area (Å²) in [5, 5.41) is 0. The van der Waals surface area contributed by atoms with Crippen molar-refractivity contribution in [3.63, 3.8) is 0 Å². The Hall–Kier alpha value is -2.04. The van der Waals surface area contributed by atoms with Gasteiger partial charge in [0.1, 0.15) is 11.6 Å². The van der Waals surface area contributed by atoms with E-state index in [9.17, 15) is 4.39 Å². The summed E-state index contributed by atoms with van der Waals surface area (Å²) in [6.07, 6.45) is 1.62.